The van der Waals surface area contributed by atoms with Crippen LogP contribution in [-0.2, 0) is 22.6 Å². The Hall–Kier alpha value is -0.600. The molecule has 0 fully saturated rings. The van der Waals surface area contributed by atoms with E-state index in [1.54, 1.807) is 6.92 Å². The van der Waals surface area contributed by atoms with Gasteiger partial charge in [0.1, 0.15) is 4.21 Å². The fourth-order valence-corrected chi connectivity index (χ4v) is 3.42. The minimum absolute atomic E-state index is 0.0457. The lowest BCUT2D eigenvalue weighted by Crippen LogP contribution is -2.14. The largest absolute Gasteiger partial charge is 0.417 e. The van der Waals surface area contributed by atoms with Gasteiger partial charge in [-0.05, 0) is 12.0 Å². The molecule has 1 heterocycles. The second-order valence-corrected chi connectivity index (χ2v) is 5.84. The molecule has 0 atom stereocenters. The van der Waals surface area contributed by atoms with E-state index in [9.17, 15) is 21.6 Å². The van der Waals surface area contributed by atoms with E-state index in [0.717, 1.165) is 5.38 Å². The quantitative estimate of drug-likeness (QED) is 0.919. The van der Waals surface area contributed by atoms with E-state index >= 15 is 0 Å². The fraction of sp³-hybridized carbons (Fsp3) is 0.500. The highest BCUT2D eigenvalue weighted by atomic mass is 32.2. The maximum Gasteiger partial charge on any atom is 0.417 e. The zero-order valence-corrected chi connectivity index (χ0v) is 9.97. The first-order chi connectivity index (χ1) is 7.18. The zero-order valence-electron chi connectivity index (χ0n) is 8.34. The lowest BCUT2D eigenvalue weighted by Gasteiger charge is -2.08. The van der Waals surface area contributed by atoms with Gasteiger partial charge in [-0.3, -0.25) is 0 Å². The number of alkyl halides is 3. The molecule has 92 valence electrons. The van der Waals surface area contributed by atoms with Crippen molar-refractivity contribution in [3.8, 4) is 0 Å². The average molecular weight is 273 g/mol. The van der Waals surface area contributed by atoms with Crippen molar-refractivity contribution < 1.29 is 21.6 Å². The third kappa shape index (κ3) is 2.74. The first-order valence-corrected chi connectivity index (χ1v) is 6.81. The Balaban J connectivity index is 3.40. The summed E-state index contributed by atoms with van der Waals surface area (Å²) in [5, 5.41) is 5.66. The molecular weight excluding hydrogens is 263 g/mol. The van der Waals surface area contributed by atoms with Crippen LogP contribution in [0.25, 0.3) is 0 Å². The van der Waals surface area contributed by atoms with Gasteiger partial charge in [-0.1, -0.05) is 13.3 Å². The molecule has 0 saturated carbocycles. The second-order valence-electron chi connectivity index (χ2n) is 3.21. The highest BCUT2D eigenvalue weighted by molar-refractivity contribution is 7.91. The number of rotatable bonds is 3. The Morgan fingerprint density at radius 2 is 2.00 bits per heavy atom. The predicted molar refractivity (Wildman–Crippen MR) is 54.7 cm³/mol. The number of thiophene rings is 1. The highest BCUT2D eigenvalue weighted by Crippen LogP contribution is 2.38. The summed E-state index contributed by atoms with van der Waals surface area (Å²) in [5.74, 6) is 0. The van der Waals surface area contributed by atoms with Crippen molar-refractivity contribution in [1.82, 2.24) is 0 Å². The molecule has 0 saturated heterocycles. The van der Waals surface area contributed by atoms with Crippen molar-refractivity contribution in [3.63, 3.8) is 0 Å². The van der Waals surface area contributed by atoms with E-state index in [2.05, 4.69) is 0 Å². The van der Waals surface area contributed by atoms with Gasteiger partial charge in [0.05, 0.1) is 5.56 Å². The summed E-state index contributed by atoms with van der Waals surface area (Å²) in [6.45, 7) is 1.67. The maximum atomic E-state index is 12.5. The molecule has 1 aromatic rings. The zero-order chi connectivity index (χ0) is 12.6. The Morgan fingerprint density at radius 3 is 2.38 bits per heavy atom. The Kier molecular flexibility index (Phi) is 3.65. The van der Waals surface area contributed by atoms with Crippen molar-refractivity contribution in [3.05, 3.63) is 16.5 Å². The molecule has 0 radical (unpaired) electrons. The van der Waals surface area contributed by atoms with Crippen molar-refractivity contribution in [1.29, 1.82) is 0 Å². The average Bonchev–Trinajstić information content (AvgIpc) is 2.46. The van der Waals surface area contributed by atoms with Gasteiger partial charge in [0, 0.05) is 5.38 Å². The molecule has 0 aliphatic rings. The van der Waals surface area contributed by atoms with Crippen LogP contribution in [0.5, 0.6) is 0 Å². The normalized spacial score (nSPS) is 13.1. The standard InChI is InChI=1S/C8H10F3NO2S2/c1-2-3-5-6(8(9,10)11)4-15-7(5)16(12,13)14/h4H,2-3H2,1H3,(H2,12,13,14). The van der Waals surface area contributed by atoms with Gasteiger partial charge >= 0.3 is 6.18 Å². The first kappa shape index (κ1) is 13.5. The van der Waals surface area contributed by atoms with E-state index in [0.29, 0.717) is 17.8 Å². The molecule has 0 unspecified atom stereocenters. The summed E-state index contributed by atoms with van der Waals surface area (Å²) in [7, 11) is -4.08. The summed E-state index contributed by atoms with van der Waals surface area (Å²) >= 11 is 0.517. The van der Waals surface area contributed by atoms with Crippen molar-refractivity contribution in [2.75, 3.05) is 0 Å². The van der Waals surface area contributed by atoms with Crippen LogP contribution in [0.3, 0.4) is 0 Å². The molecule has 1 aromatic heterocycles. The Bertz CT molecular complexity index is 476. The Labute approximate surface area is 95.1 Å². The SMILES string of the molecule is CCCc1c(C(F)(F)F)csc1S(N)(=O)=O. The first-order valence-electron chi connectivity index (χ1n) is 4.38. The Morgan fingerprint density at radius 1 is 1.44 bits per heavy atom. The van der Waals surface area contributed by atoms with Gasteiger partial charge < -0.3 is 0 Å². The van der Waals surface area contributed by atoms with Crippen LogP contribution in [0, 0.1) is 0 Å². The monoisotopic (exact) mass is 273 g/mol. The second kappa shape index (κ2) is 4.34. The van der Waals surface area contributed by atoms with Crippen LogP contribution < -0.4 is 5.14 Å². The molecular formula is C8H10F3NO2S2. The van der Waals surface area contributed by atoms with Gasteiger partial charge in [-0.2, -0.15) is 13.2 Å². The molecule has 16 heavy (non-hydrogen) atoms. The molecule has 0 aromatic carbocycles. The molecule has 2 N–H and O–H groups in total. The number of hydrogen-bond donors (Lipinski definition) is 1. The minimum atomic E-state index is -4.54. The van der Waals surface area contributed by atoms with Gasteiger partial charge in [0.2, 0.25) is 10.0 Å². The smallest absolute Gasteiger partial charge is 0.224 e. The van der Waals surface area contributed by atoms with E-state index in [-0.39, 0.29) is 16.2 Å². The molecule has 0 amide bonds. The van der Waals surface area contributed by atoms with Crippen LogP contribution in [0.4, 0.5) is 13.2 Å². The van der Waals surface area contributed by atoms with Crippen molar-refractivity contribution >= 4 is 21.4 Å². The molecule has 1 rings (SSSR count). The summed E-state index contributed by atoms with van der Waals surface area (Å²) < 4.78 is 59.4. The lowest BCUT2D eigenvalue weighted by molar-refractivity contribution is -0.138. The van der Waals surface area contributed by atoms with Crippen LogP contribution >= 0.6 is 11.3 Å². The van der Waals surface area contributed by atoms with Crippen molar-refractivity contribution in [2.24, 2.45) is 5.14 Å². The van der Waals surface area contributed by atoms with Crippen LogP contribution in [0.15, 0.2) is 9.59 Å². The maximum absolute atomic E-state index is 12.5. The number of sulfonamides is 1. The number of halogens is 3. The highest BCUT2D eigenvalue weighted by Gasteiger charge is 2.37. The van der Waals surface area contributed by atoms with Gasteiger partial charge in [-0.15, -0.1) is 11.3 Å². The fourth-order valence-electron chi connectivity index (χ4n) is 1.33. The van der Waals surface area contributed by atoms with E-state index in [1.807, 2.05) is 0 Å². The summed E-state index contributed by atoms with van der Waals surface area (Å²) in [6.07, 6.45) is -4.07. The molecule has 0 bridgehead atoms. The number of primary sulfonamides is 1. The minimum Gasteiger partial charge on any atom is -0.224 e. The summed E-state index contributed by atoms with van der Waals surface area (Å²) in [5.41, 5.74) is -1.12. The molecule has 3 nitrogen and oxygen atoms in total. The predicted octanol–water partition coefficient (Wildman–Crippen LogP) is 2.37. The molecule has 0 aliphatic heterocycles. The van der Waals surface area contributed by atoms with E-state index in [1.165, 1.54) is 0 Å². The third-order valence-electron chi connectivity index (χ3n) is 1.92. The van der Waals surface area contributed by atoms with Crippen molar-refractivity contribution in [2.45, 2.75) is 30.2 Å². The van der Waals surface area contributed by atoms with Gasteiger partial charge in [0.25, 0.3) is 0 Å². The molecule has 0 aliphatic carbocycles. The topological polar surface area (TPSA) is 60.2 Å². The van der Waals surface area contributed by atoms with Crippen LogP contribution in [0.2, 0.25) is 0 Å². The molecule has 0 spiro atoms. The van der Waals surface area contributed by atoms with Gasteiger partial charge in [-0.25, -0.2) is 13.6 Å². The van der Waals surface area contributed by atoms with E-state index < -0.39 is 21.8 Å². The number of nitrogens with two attached hydrogens (primary N) is 1. The lowest BCUT2D eigenvalue weighted by atomic mass is 10.1. The summed E-state index contributed by atoms with van der Waals surface area (Å²) in [6, 6.07) is 0. The van der Waals surface area contributed by atoms with Crippen LogP contribution in [0.1, 0.15) is 24.5 Å². The van der Waals surface area contributed by atoms with E-state index in [4.69, 9.17) is 5.14 Å². The van der Waals surface area contributed by atoms with Crippen LogP contribution in [-0.4, -0.2) is 8.42 Å². The van der Waals surface area contributed by atoms with Gasteiger partial charge in [0.15, 0.2) is 0 Å². The third-order valence-corrected chi connectivity index (χ3v) is 4.48. The molecule has 8 heteroatoms. The number of hydrogen-bond acceptors (Lipinski definition) is 3. The summed E-state index contributed by atoms with van der Waals surface area (Å²) in [4.78, 5) is 0.